The lowest BCUT2D eigenvalue weighted by Crippen LogP contribution is -2.24. The van der Waals surface area contributed by atoms with Crippen LogP contribution in [0.25, 0.3) is 0 Å². The molecule has 1 aliphatic rings. The molecule has 2 N–H and O–H groups in total. The maximum atomic E-state index is 12.0. The monoisotopic (exact) mass is 325 g/mol. The number of benzene rings is 2. The number of thioether (sulfide) groups is 1. The van der Waals surface area contributed by atoms with Crippen molar-refractivity contribution in [2.45, 2.75) is 13.0 Å². The van der Waals surface area contributed by atoms with Crippen LogP contribution in [-0.4, -0.2) is 23.4 Å². The minimum atomic E-state index is 0.0327. The first-order valence-electron chi connectivity index (χ1n) is 7.63. The number of carbonyl (C=O) groups is 1. The molecule has 3 rings (SSSR count). The molecular weight excluding hydrogens is 306 g/mol. The molecule has 1 heterocycles. The Morgan fingerprint density at radius 2 is 1.83 bits per heavy atom. The van der Waals surface area contributed by atoms with Crippen LogP contribution in [0, 0.1) is 0 Å². The summed E-state index contributed by atoms with van der Waals surface area (Å²) in [4.78, 5) is 16.4. The zero-order valence-electron chi connectivity index (χ0n) is 12.8. The number of hydrogen-bond acceptors (Lipinski definition) is 4. The molecule has 0 bridgehead atoms. The Balaban J connectivity index is 1.48. The van der Waals surface area contributed by atoms with Gasteiger partial charge in [-0.1, -0.05) is 54.2 Å². The van der Waals surface area contributed by atoms with E-state index in [0.717, 1.165) is 34.3 Å². The lowest BCUT2D eigenvalue weighted by molar-refractivity contribution is -0.120. The minimum absolute atomic E-state index is 0.0327. The van der Waals surface area contributed by atoms with Gasteiger partial charge in [-0.15, -0.1) is 0 Å². The van der Waals surface area contributed by atoms with Gasteiger partial charge in [0.2, 0.25) is 5.91 Å². The van der Waals surface area contributed by atoms with E-state index in [1.807, 2.05) is 54.6 Å². The third-order valence-electron chi connectivity index (χ3n) is 3.49. The van der Waals surface area contributed by atoms with E-state index in [4.69, 9.17) is 0 Å². The molecule has 0 aliphatic carbocycles. The van der Waals surface area contributed by atoms with E-state index in [2.05, 4.69) is 15.6 Å². The summed E-state index contributed by atoms with van der Waals surface area (Å²) in [5, 5.41) is 7.19. The van der Waals surface area contributed by atoms with Crippen LogP contribution in [0.1, 0.15) is 11.1 Å². The summed E-state index contributed by atoms with van der Waals surface area (Å²) in [6, 6.07) is 17.9. The lowest BCUT2D eigenvalue weighted by Gasteiger charge is -2.08. The average Bonchev–Trinajstić information content (AvgIpc) is 3.09. The average molecular weight is 325 g/mol. The predicted octanol–water partition coefficient (Wildman–Crippen LogP) is 3.06. The quantitative estimate of drug-likeness (QED) is 0.888. The van der Waals surface area contributed by atoms with Crippen LogP contribution in [0.5, 0.6) is 0 Å². The smallest absolute Gasteiger partial charge is 0.224 e. The Hall–Kier alpha value is -2.27. The number of nitrogens with zero attached hydrogens (tertiary/aromatic N) is 1. The maximum Gasteiger partial charge on any atom is 0.224 e. The third-order valence-corrected chi connectivity index (χ3v) is 4.38. The fourth-order valence-corrected chi connectivity index (χ4v) is 3.03. The van der Waals surface area contributed by atoms with Crippen molar-refractivity contribution >= 4 is 28.5 Å². The summed E-state index contributed by atoms with van der Waals surface area (Å²) in [6.45, 7) is 1.45. The van der Waals surface area contributed by atoms with E-state index in [0.29, 0.717) is 13.0 Å². The highest BCUT2D eigenvalue weighted by atomic mass is 32.2. The van der Waals surface area contributed by atoms with Crippen molar-refractivity contribution in [2.24, 2.45) is 4.99 Å². The second-order valence-corrected chi connectivity index (χ2v) is 6.38. The minimum Gasteiger partial charge on any atom is -0.352 e. The molecule has 2 aromatic carbocycles. The number of carbonyl (C=O) groups excluding carboxylic acids is 1. The Morgan fingerprint density at radius 1 is 1.04 bits per heavy atom. The number of hydrogen-bond donors (Lipinski definition) is 2. The number of anilines is 1. The first-order valence-corrected chi connectivity index (χ1v) is 8.62. The Labute approximate surface area is 140 Å². The van der Waals surface area contributed by atoms with Crippen LogP contribution in [-0.2, 0) is 17.8 Å². The molecule has 4 nitrogen and oxygen atoms in total. The molecular formula is C18H19N3OS. The van der Waals surface area contributed by atoms with Crippen molar-refractivity contribution in [2.75, 3.05) is 17.6 Å². The number of nitrogens with one attached hydrogen (secondary N) is 2. The van der Waals surface area contributed by atoms with E-state index < -0.39 is 0 Å². The van der Waals surface area contributed by atoms with Crippen LogP contribution in [0.2, 0.25) is 0 Å². The molecule has 0 fully saturated rings. The van der Waals surface area contributed by atoms with Gasteiger partial charge in [-0.25, -0.2) is 0 Å². The molecule has 0 aromatic heterocycles. The molecule has 0 unspecified atom stereocenters. The molecule has 0 saturated heterocycles. The summed E-state index contributed by atoms with van der Waals surface area (Å²) in [5.41, 5.74) is 3.11. The SMILES string of the molecule is O=C(Cc1ccc(NC2=NCCS2)cc1)NCc1ccccc1. The van der Waals surface area contributed by atoms with Crippen LogP contribution >= 0.6 is 11.8 Å². The van der Waals surface area contributed by atoms with E-state index >= 15 is 0 Å². The fourth-order valence-electron chi connectivity index (χ4n) is 2.28. The normalized spacial score (nSPS) is 13.5. The van der Waals surface area contributed by atoms with Gasteiger partial charge < -0.3 is 10.6 Å². The molecule has 118 valence electrons. The fraction of sp³-hybridized carbons (Fsp3) is 0.222. The van der Waals surface area contributed by atoms with Gasteiger partial charge in [-0.3, -0.25) is 9.79 Å². The van der Waals surface area contributed by atoms with Gasteiger partial charge in [-0.05, 0) is 23.3 Å². The molecule has 0 spiro atoms. The van der Waals surface area contributed by atoms with Crippen molar-refractivity contribution < 1.29 is 4.79 Å². The highest BCUT2D eigenvalue weighted by Gasteiger charge is 2.07. The Bertz CT molecular complexity index is 683. The van der Waals surface area contributed by atoms with Crippen LogP contribution in [0.3, 0.4) is 0 Å². The van der Waals surface area contributed by atoms with Gasteiger partial charge in [0.15, 0.2) is 5.17 Å². The highest BCUT2D eigenvalue weighted by molar-refractivity contribution is 8.14. The topological polar surface area (TPSA) is 53.5 Å². The molecule has 0 radical (unpaired) electrons. The molecule has 1 aliphatic heterocycles. The van der Waals surface area contributed by atoms with E-state index in [1.54, 1.807) is 11.8 Å². The number of amidine groups is 1. The summed E-state index contributed by atoms with van der Waals surface area (Å²) in [6.07, 6.45) is 0.392. The van der Waals surface area contributed by atoms with Gasteiger partial charge in [0.1, 0.15) is 0 Å². The zero-order chi connectivity index (χ0) is 15.9. The van der Waals surface area contributed by atoms with Crippen LogP contribution < -0.4 is 10.6 Å². The largest absolute Gasteiger partial charge is 0.352 e. The van der Waals surface area contributed by atoms with Gasteiger partial charge >= 0.3 is 0 Å². The number of rotatable bonds is 5. The first-order chi connectivity index (χ1) is 11.3. The van der Waals surface area contributed by atoms with Gasteiger partial charge in [0, 0.05) is 18.0 Å². The second-order valence-electron chi connectivity index (χ2n) is 5.30. The molecule has 23 heavy (non-hydrogen) atoms. The summed E-state index contributed by atoms with van der Waals surface area (Å²) in [5.74, 6) is 1.08. The van der Waals surface area contributed by atoms with Crippen molar-refractivity contribution in [1.29, 1.82) is 0 Å². The summed E-state index contributed by atoms with van der Waals surface area (Å²) < 4.78 is 0. The molecule has 0 saturated carbocycles. The van der Waals surface area contributed by atoms with E-state index in [1.165, 1.54) is 0 Å². The standard InChI is InChI=1S/C18H19N3OS/c22-17(20-13-15-4-2-1-3-5-15)12-14-6-8-16(9-7-14)21-18-19-10-11-23-18/h1-9H,10-13H2,(H,19,21)(H,20,22). The molecule has 2 aromatic rings. The van der Waals surface area contributed by atoms with Crippen molar-refractivity contribution in [3.63, 3.8) is 0 Å². The summed E-state index contributed by atoms with van der Waals surface area (Å²) >= 11 is 1.73. The second kappa shape index (κ2) is 7.83. The molecule has 0 atom stereocenters. The molecule has 5 heteroatoms. The van der Waals surface area contributed by atoms with Crippen molar-refractivity contribution in [1.82, 2.24) is 5.32 Å². The lowest BCUT2D eigenvalue weighted by atomic mass is 10.1. The predicted molar refractivity (Wildman–Crippen MR) is 96.8 cm³/mol. The van der Waals surface area contributed by atoms with E-state index in [9.17, 15) is 4.79 Å². The van der Waals surface area contributed by atoms with Gasteiger partial charge in [0.25, 0.3) is 0 Å². The van der Waals surface area contributed by atoms with Gasteiger partial charge in [0.05, 0.1) is 13.0 Å². The Kier molecular flexibility index (Phi) is 5.32. The Morgan fingerprint density at radius 3 is 2.52 bits per heavy atom. The number of aliphatic imine (C=N–C) groups is 1. The zero-order valence-corrected chi connectivity index (χ0v) is 13.6. The van der Waals surface area contributed by atoms with Gasteiger partial charge in [-0.2, -0.15) is 0 Å². The van der Waals surface area contributed by atoms with Crippen molar-refractivity contribution in [3.05, 3.63) is 65.7 Å². The maximum absolute atomic E-state index is 12.0. The van der Waals surface area contributed by atoms with Crippen LogP contribution in [0.15, 0.2) is 59.6 Å². The third kappa shape index (κ3) is 4.86. The summed E-state index contributed by atoms with van der Waals surface area (Å²) in [7, 11) is 0. The van der Waals surface area contributed by atoms with Crippen LogP contribution in [0.4, 0.5) is 5.69 Å². The van der Waals surface area contributed by atoms with Crippen molar-refractivity contribution in [3.8, 4) is 0 Å². The molecule has 1 amide bonds. The first kappa shape index (κ1) is 15.6. The van der Waals surface area contributed by atoms with E-state index in [-0.39, 0.29) is 5.91 Å². The number of amides is 1. The highest BCUT2D eigenvalue weighted by Crippen LogP contribution is 2.16.